The van der Waals surface area contributed by atoms with Crippen molar-refractivity contribution >= 4 is 15.7 Å². The highest BCUT2D eigenvalue weighted by molar-refractivity contribution is 7.89. The summed E-state index contributed by atoms with van der Waals surface area (Å²) in [6.45, 7) is 0.146. The molecule has 0 saturated heterocycles. The molecule has 0 aromatic heterocycles. The summed E-state index contributed by atoms with van der Waals surface area (Å²) in [5.74, 6) is 0. The molecule has 0 aliphatic rings. The molecule has 0 bridgehead atoms. The summed E-state index contributed by atoms with van der Waals surface area (Å²) in [6.07, 6.45) is 0. The molecule has 0 heterocycles. The van der Waals surface area contributed by atoms with Crippen LogP contribution in [0.1, 0.15) is 5.56 Å². The normalized spacial score (nSPS) is 11.4. The number of sulfonamides is 1. The standard InChI is InChI=1S/C13H14N2O3S/c14-12-8-4-5-9-13(12)19(16,17)15-18-10-11-6-2-1-3-7-11/h1-9,15H,10,14H2. The molecule has 0 aliphatic heterocycles. The minimum Gasteiger partial charge on any atom is -0.398 e. The van der Waals surface area contributed by atoms with Crippen molar-refractivity contribution in [3.8, 4) is 0 Å². The number of benzene rings is 2. The minimum absolute atomic E-state index is 0.00283. The van der Waals surface area contributed by atoms with Gasteiger partial charge in [0.05, 0.1) is 12.3 Å². The van der Waals surface area contributed by atoms with E-state index in [1.165, 1.54) is 12.1 Å². The lowest BCUT2D eigenvalue weighted by atomic mass is 10.2. The molecule has 3 N–H and O–H groups in total. The van der Waals surface area contributed by atoms with Crippen LogP contribution in [-0.2, 0) is 21.5 Å². The van der Waals surface area contributed by atoms with Gasteiger partial charge < -0.3 is 5.73 Å². The highest BCUT2D eigenvalue weighted by Gasteiger charge is 2.16. The van der Waals surface area contributed by atoms with Gasteiger partial charge in [-0.3, -0.25) is 4.84 Å². The number of nitrogens with one attached hydrogen (secondary N) is 1. The van der Waals surface area contributed by atoms with Crippen molar-refractivity contribution in [2.45, 2.75) is 11.5 Å². The van der Waals surface area contributed by atoms with Crippen LogP contribution < -0.4 is 10.6 Å². The first-order valence-electron chi connectivity index (χ1n) is 5.61. The van der Waals surface area contributed by atoms with Crippen LogP contribution in [0.4, 0.5) is 5.69 Å². The van der Waals surface area contributed by atoms with Crippen molar-refractivity contribution in [1.29, 1.82) is 0 Å². The first-order chi connectivity index (χ1) is 9.09. The molecule has 5 nitrogen and oxygen atoms in total. The minimum atomic E-state index is -3.76. The zero-order valence-corrected chi connectivity index (χ0v) is 10.9. The van der Waals surface area contributed by atoms with Gasteiger partial charge in [0, 0.05) is 0 Å². The van der Waals surface area contributed by atoms with Crippen LogP contribution in [0.2, 0.25) is 0 Å². The maximum Gasteiger partial charge on any atom is 0.264 e. The van der Waals surface area contributed by atoms with E-state index in [1.807, 2.05) is 30.3 Å². The SMILES string of the molecule is Nc1ccccc1S(=O)(=O)NOCc1ccccc1. The maximum atomic E-state index is 11.9. The zero-order chi connectivity index (χ0) is 13.7. The van der Waals surface area contributed by atoms with Crippen molar-refractivity contribution in [2.75, 3.05) is 5.73 Å². The van der Waals surface area contributed by atoms with Crippen LogP contribution >= 0.6 is 0 Å². The Bertz CT molecular complexity index is 642. The number of nitrogen functional groups attached to an aromatic ring is 1. The van der Waals surface area contributed by atoms with Gasteiger partial charge in [-0.1, -0.05) is 47.3 Å². The molecular formula is C13H14N2O3S. The van der Waals surface area contributed by atoms with Gasteiger partial charge in [-0.15, -0.1) is 0 Å². The molecule has 0 amide bonds. The van der Waals surface area contributed by atoms with Gasteiger partial charge in [0.15, 0.2) is 0 Å². The molecule has 0 atom stereocenters. The van der Waals surface area contributed by atoms with Crippen molar-refractivity contribution in [3.63, 3.8) is 0 Å². The predicted molar refractivity (Wildman–Crippen MR) is 72.4 cm³/mol. The second-order valence-corrected chi connectivity index (χ2v) is 5.51. The molecule has 0 spiro atoms. The van der Waals surface area contributed by atoms with Gasteiger partial charge in [-0.2, -0.15) is 0 Å². The van der Waals surface area contributed by atoms with E-state index >= 15 is 0 Å². The number of hydrogen-bond donors (Lipinski definition) is 2. The fourth-order valence-electron chi connectivity index (χ4n) is 1.53. The van der Waals surface area contributed by atoms with Gasteiger partial charge in [-0.05, 0) is 17.7 Å². The van der Waals surface area contributed by atoms with Crippen molar-refractivity contribution in [1.82, 2.24) is 4.89 Å². The molecular weight excluding hydrogens is 264 g/mol. The Hall–Kier alpha value is -1.89. The van der Waals surface area contributed by atoms with Crippen LogP contribution in [0, 0.1) is 0 Å². The van der Waals surface area contributed by atoms with E-state index in [4.69, 9.17) is 10.6 Å². The lowest BCUT2D eigenvalue weighted by Gasteiger charge is -2.09. The third-order valence-corrected chi connectivity index (χ3v) is 3.75. The highest BCUT2D eigenvalue weighted by Crippen LogP contribution is 2.16. The Morgan fingerprint density at radius 1 is 1.00 bits per heavy atom. The van der Waals surface area contributed by atoms with E-state index in [1.54, 1.807) is 12.1 Å². The number of para-hydroxylation sites is 1. The van der Waals surface area contributed by atoms with E-state index in [0.717, 1.165) is 5.56 Å². The summed E-state index contributed by atoms with van der Waals surface area (Å²) < 4.78 is 23.9. The Labute approximate surface area is 112 Å². The molecule has 0 aliphatic carbocycles. The number of rotatable bonds is 5. The molecule has 0 unspecified atom stereocenters. The summed E-state index contributed by atoms with van der Waals surface area (Å²) in [7, 11) is -3.76. The summed E-state index contributed by atoms with van der Waals surface area (Å²) in [4.78, 5) is 7.06. The topological polar surface area (TPSA) is 81.4 Å². The lowest BCUT2D eigenvalue weighted by molar-refractivity contribution is 0.0795. The predicted octanol–water partition coefficient (Wildman–Crippen LogP) is 1.68. The second kappa shape index (κ2) is 5.83. The fraction of sp³-hybridized carbons (Fsp3) is 0.0769. The van der Waals surface area contributed by atoms with E-state index < -0.39 is 10.0 Å². The van der Waals surface area contributed by atoms with Crippen LogP contribution in [0.3, 0.4) is 0 Å². The Morgan fingerprint density at radius 3 is 2.32 bits per heavy atom. The largest absolute Gasteiger partial charge is 0.398 e. The Kier molecular flexibility index (Phi) is 4.16. The maximum absolute atomic E-state index is 11.9. The Balaban J connectivity index is 2.01. The second-order valence-electron chi connectivity index (χ2n) is 3.90. The first-order valence-corrected chi connectivity index (χ1v) is 7.10. The zero-order valence-electron chi connectivity index (χ0n) is 10.1. The van der Waals surface area contributed by atoms with E-state index in [0.29, 0.717) is 0 Å². The molecule has 6 heteroatoms. The molecule has 100 valence electrons. The van der Waals surface area contributed by atoms with Crippen molar-refractivity contribution in [2.24, 2.45) is 0 Å². The van der Waals surface area contributed by atoms with Crippen LogP contribution in [0.15, 0.2) is 59.5 Å². The Morgan fingerprint density at radius 2 is 1.63 bits per heavy atom. The van der Waals surface area contributed by atoms with Gasteiger partial charge in [0.2, 0.25) is 0 Å². The summed E-state index contributed by atoms with van der Waals surface area (Å²) in [5.41, 5.74) is 6.66. The molecule has 2 rings (SSSR count). The van der Waals surface area contributed by atoms with Gasteiger partial charge in [-0.25, -0.2) is 8.42 Å². The van der Waals surface area contributed by atoms with Crippen LogP contribution in [0.25, 0.3) is 0 Å². The van der Waals surface area contributed by atoms with Crippen molar-refractivity contribution < 1.29 is 13.3 Å². The molecule has 0 fully saturated rings. The third kappa shape index (κ3) is 3.54. The van der Waals surface area contributed by atoms with Gasteiger partial charge in [0.25, 0.3) is 10.0 Å². The molecule has 2 aromatic rings. The number of anilines is 1. The average molecular weight is 278 g/mol. The average Bonchev–Trinajstić information content (AvgIpc) is 2.40. The van der Waals surface area contributed by atoms with Crippen LogP contribution in [0.5, 0.6) is 0 Å². The first kappa shape index (κ1) is 13.5. The molecule has 0 saturated carbocycles. The lowest BCUT2D eigenvalue weighted by Crippen LogP contribution is -2.24. The monoisotopic (exact) mass is 278 g/mol. The summed E-state index contributed by atoms with van der Waals surface area (Å²) >= 11 is 0. The smallest absolute Gasteiger partial charge is 0.264 e. The summed E-state index contributed by atoms with van der Waals surface area (Å²) in [6, 6.07) is 15.5. The fourth-order valence-corrected chi connectivity index (χ4v) is 2.47. The molecule has 19 heavy (non-hydrogen) atoms. The molecule has 2 aromatic carbocycles. The van der Waals surface area contributed by atoms with Gasteiger partial charge in [0.1, 0.15) is 4.90 Å². The summed E-state index contributed by atoms with van der Waals surface area (Å²) in [5, 5.41) is 0. The quantitative estimate of drug-likeness (QED) is 0.644. The van der Waals surface area contributed by atoms with Gasteiger partial charge >= 0.3 is 0 Å². The molecule has 0 radical (unpaired) electrons. The number of hydrogen-bond acceptors (Lipinski definition) is 4. The van der Waals surface area contributed by atoms with Crippen molar-refractivity contribution in [3.05, 3.63) is 60.2 Å². The van der Waals surface area contributed by atoms with E-state index in [-0.39, 0.29) is 17.2 Å². The highest BCUT2D eigenvalue weighted by atomic mass is 32.2. The van der Waals surface area contributed by atoms with E-state index in [9.17, 15) is 8.42 Å². The number of nitrogens with two attached hydrogens (primary N) is 1. The van der Waals surface area contributed by atoms with Crippen LogP contribution in [-0.4, -0.2) is 8.42 Å². The third-order valence-electron chi connectivity index (χ3n) is 2.46. The van der Waals surface area contributed by atoms with E-state index in [2.05, 4.69) is 4.89 Å².